The summed E-state index contributed by atoms with van der Waals surface area (Å²) in [6.07, 6.45) is 5.48. The quantitative estimate of drug-likeness (QED) is 0.898. The number of rotatable bonds is 4. The lowest BCUT2D eigenvalue weighted by Crippen LogP contribution is -2.19. The Bertz CT molecular complexity index is 586. The minimum atomic E-state index is 0.306. The molecule has 18 heavy (non-hydrogen) atoms. The van der Waals surface area contributed by atoms with Crippen molar-refractivity contribution >= 4 is 11.0 Å². The van der Waals surface area contributed by atoms with Crippen LogP contribution in [0.5, 0.6) is 11.5 Å². The lowest BCUT2D eigenvalue weighted by atomic mass is 10.1. The Labute approximate surface area is 105 Å². The molecule has 1 aromatic carbocycles. The summed E-state index contributed by atoms with van der Waals surface area (Å²) in [5, 5.41) is 4.65. The number of furan rings is 1. The van der Waals surface area contributed by atoms with E-state index in [4.69, 9.17) is 13.9 Å². The van der Waals surface area contributed by atoms with Gasteiger partial charge in [-0.15, -0.1) is 0 Å². The van der Waals surface area contributed by atoms with E-state index in [2.05, 4.69) is 5.32 Å². The monoisotopic (exact) mass is 245 g/mol. The van der Waals surface area contributed by atoms with Gasteiger partial charge in [0.25, 0.3) is 0 Å². The van der Waals surface area contributed by atoms with E-state index in [1.54, 1.807) is 0 Å². The highest BCUT2D eigenvalue weighted by Gasteiger charge is 2.21. The number of benzene rings is 1. The van der Waals surface area contributed by atoms with Crippen LogP contribution in [0.2, 0.25) is 0 Å². The molecule has 0 bridgehead atoms. The van der Waals surface area contributed by atoms with Gasteiger partial charge in [0.15, 0.2) is 11.5 Å². The first-order valence-electron chi connectivity index (χ1n) is 6.43. The third kappa shape index (κ3) is 1.73. The van der Waals surface area contributed by atoms with E-state index in [0.29, 0.717) is 6.79 Å². The molecular formula is C14H15NO3. The van der Waals surface area contributed by atoms with Crippen LogP contribution in [0, 0.1) is 0 Å². The molecule has 0 spiro atoms. The van der Waals surface area contributed by atoms with Gasteiger partial charge in [0.05, 0.1) is 6.26 Å². The zero-order chi connectivity index (χ0) is 11.9. The van der Waals surface area contributed by atoms with Crippen molar-refractivity contribution in [3.8, 4) is 11.5 Å². The van der Waals surface area contributed by atoms with Gasteiger partial charge in [0, 0.05) is 17.5 Å². The molecule has 1 fully saturated rings. The second-order valence-electron chi connectivity index (χ2n) is 4.94. The van der Waals surface area contributed by atoms with Crippen LogP contribution in [0.15, 0.2) is 22.8 Å². The number of hydrogen-bond donors (Lipinski definition) is 1. The van der Waals surface area contributed by atoms with Gasteiger partial charge in [-0.2, -0.15) is 0 Å². The molecule has 1 N–H and O–H groups in total. The molecule has 4 heteroatoms. The largest absolute Gasteiger partial charge is 0.464 e. The Morgan fingerprint density at radius 2 is 2.00 bits per heavy atom. The van der Waals surface area contributed by atoms with E-state index in [9.17, 15) is 0 Å². The van der Waals surface area contributed by atoms with Crippen LogP contribution in [0.3, 0.4) is 0 Å². The van der Waals surface area contributed by atoms with Crippen molar-refractivity contribution in [1.29, 1.82) is 0 Å². The first kappa shape index (κ1) is 10.3. The standard InChI is InChI=1S/C14H15NO3/c1-2-10(1)15-4-3-9-7-16-12-6-14-13(5-11(9)12)17-8-18-14/h5-7,10,15H,1-4,8H2. The summed E-state index contributed by atoms with van der Waals surface area (Å²) < 4.78 is 16.3. The van der Waals surface area contributed by atoms with Crippen molar-refractivity contribution < 1.29 is 13.9 Å². The maximum absolute atomic E-state index is 5.58. The minimum Gasteiger partial charge on any atom is -0.464 e. The van der Waals surface area contributed by atoms with Crippen LogP contribution in [-0.4, -0.2) is 19.4 Å². The van der Waals surface area contributed by atoms with E-state index >= 15 is 0 Å². The smallest absolute Gasteiger partial charge is 0.231 e. The Balaban J connectivity index is 1.60. The molecule has 0 amide bonds. The summed E-state index contributed by atoms with van der Waals surface area (Å²) in [5.41, 5.74) is 2.11. The highest BCUT2D eigenvalue weighted by atomic mass is 16.7. The highest BCUT2D eigenvalue weighted by molar-refractivity contribution is 5.85. The van der Waals surface area contributed by atoms with E-state index in [-0.39, 0.29) is 0 Å². The van der Waals surface area contributed by atoms with Gasteiger partial charge < -0.3 is 19.2 Å². The summed E-state index contributed by atoms with van der Waals surface area (Å²) in [4.78, 5) is 0. The molecule has 2 heterocycles. The molecule has 0 saturated heterocycles. The molecule has 2 aliphatic rings. The predicted molar refractivity (Wildman–Crippen MR) is 67.1 cm³/mol. The molecule has 94 valence electrons. The van der Waals surface area contributed by atoms with Crippen molar-refractivity contribution in [3.05, 3.63) is 24.0 Å². The van der Waals surface area contributed by atoms with Crippen molar-refractivity contribution in [2.75, 3.05) is 13.3 Å². The Kier molecular flexibility index (Phi) is 2.23. The molecule has 1 aliphatic heterocycles. The van der Waals surface area contributed by atoms with Gasteiger partial charge in [-0.25, -0.2) is 0 Å². The summed E-state index contributed by atoms with van der Waals surface area (Å²) >= 11 is 0. The van der Waals surface area contributed by atoms with E-state index in [1.165, 1.54) is 18.4 Å². The van der Waals surface area contributed by atoms with Gasteiger partial charge in [0.2, 0.25) is 6.79 Å². The van der Waals surface area contributed by atoms with Crippen molar-refractivity contribution in [2.24, 2.45) is 0 Å². The summed E-state index contributed by atoms with van der Waals surface area (Å²) in [6, 6.07) is 4.69. The molecule has 2 aromatic rings. The zero-order valence-corrected chi connectivity index (χ0v) is 10.1. The fourth-order valence-corrected chi connectivity index (χ4v) is 2.36. The Hall–Kier alpha value is -1.68. The fraction of sp³-hybridized carbons (Fsp3) is 0.429. The second kappa shape index (κ2) is 3.92. The summed E-state index contributed by atoms with van der Waals surface area (Å²) in [6.45, 7) is 1.31. The van der Waals surface area contributed by atoms with Crippen LogP contribution in [0.4, 0.5) is 0 Å². The molecule has 0 atom stereocenters. The normalized spacial score (nSPS) is 17.6. The minimum absolute atomic E-state index is 0.306. The van der Waals surface area contributed by atoms with Crippen LogP contribution in [0.1, 0.15) is 18.4 Å². The van der Waals surface area contributed by atoms with Crippen LogP contribution < -0.4 is 14.8 Å². The van der Waals surface area contributed by atoms with Crippen molar-refractivity contribution in [2.45, 2.75) is 25.3 Å². The third-order valence-electron chi connectivity index (χ3n) is 3.55. The average Bonchev–Trinajstić information content (AvgIpc) is 2.95. The maximum Gasteiger partial charge on any atom is 0.231 e. The highest BCUT2D eigenvalue weighted by Crippen LogP contribution is 2.37. The zero-order valence-electron chi connectivity index (χ0n) is 10.1. The molecule has 4 rings (SSSR count). The third-order valence-corrected chi connectivity index (χ3v) is 3.55. The number of fused-ring (bicyclic) bond motifs is 2. The lowest BCUT2D eigenvalue weighted by Gasteiger charge is -2.01. The molecule has 0 radical (unpaired) electrons. The predicted octanol–water partition coefficient (Wildman–Crippen LogP) is 2.46. The first-order chi connectivity index (χ1) is 8.90. The number of hydrogen-bond acceptors (Lipinski definition) is 4. The SMILES string of the molecule is c1oc2cc3c(cc2c1CCNC1CC1)OCO3. The number of ether oxygens (including phenoxy) is 2. The van der Waals surface area contributed by atoms with Gasteiger partial charge in [0.1, 0.15) is 5.58 Å². The molecule has 1 aliphatic carbocycles. The second-order valence-corrected chi connectivity index (χ2v) is 4.94. The van der Waals surface area contributed by atoms with Crippen molar-refractivity contribution in [1.82, 2.24) is 5.32 Å². The van der Waals surface area contributed by atoms with Crippen molar-refractivity contribution in [3.63, 3.8) is 0 Å². The lowest BCUT2D eigenvalue weighted by molar-refractivity contribution is 0.174. The van der Waals surface area contributed by atoms with Gasteiger partial charge in [-0.05, 0) is 37.4 Å². The van der Waals surface area contributed by atoms with Gasteiger partial charge in [-0.1, -0.05) is 0 Å². The Morgan fingerprint density at radius 1 is 1.17 bits per heavy atom. The molecule has 0 unspecified atom stereocenters. The van der Waals surface area contributed by atoms with Gasteiger partial charge in [-0.3, -0.25) is 0 Å². The van der Waals surface area contributed by atoms with Crippen LogP contribution in [-0.2, 0) is 6.42 Å². The van der Waals surface area contributed by atoms with E-state index < -0.39 is 0 Å². The van der Waals surface area contributed by atoms with Crippen LogP contribution in [0.25, 0.3) is 11.0 Å². The van der Waals surface area contributed by atoms with Crippen LogP contribution >= 0.6 is 0 Å². The molecule has 1 aromatic heterocycles. The maximum atomic E-state index is 5.58. The molecule has 4 nitrogen and oxygen atoms in total. The average molecular weight is 245 g/mol. The summed E-state index contributed by atoms with van der Waals surface area (Å²) in [5.74, 6) is 1.60. The Morgan fingerprint density at radius 3 is 2.83 bits per heavy atom. The van der Waals surface area contributed by atoms with Gasteiger partial charge >= 0.3 is 0 Å². The summed E-state index contributed by atoms with van der Waals surface area (Å²) in [7, 11) is 0. The first-order valence-corrected chi connectivity index (χ1v) is 6.43. The fourth-order valence-electron chi connectivity index (χ4n) is 2.36. The topological polar surface area (TPSA) is 43.6 Å². The van der Waals surface area contributed by atoms with E-state index in [0.717, 1.165) is 41.5 Å². The molecule has 1 saturated carbocycles. The number of nitrogens with one attached hydrogen (secondary N) is 1. The molecular weight excluding hydrogens is 230 g/mol. The van der Waals surface area contributed by atoms with E-state index in [1.807, 2.05) is 18.4 Å².